The molecular weight excluding hydrogens is 674 g/mol. The van der Waals surface area contributed by atoms with Crippen LogP contribution in [0.5, 0.6) is 34.5 Å². The van der Waals surface area contributed by atoms with Crippen LogP contribution in [0.15, 0.2) is 18.2 Å². The number of esters is 1. The zero-order valence-electron chi connectivity index (χ0n) is 29.5. The number of nitrogens with one attached hydrogen (secondary N) is 1. The minimum Gasteiger partial charge on any atom is -0.504 e. The molecule has 7 atom stereocenters. The van der Waals surface area contributed by atoms with Gasteiger partial charge in [-0.2, -0.15) is 0 Å². The zero-order chi connectivity index (χ0) is 35.7. The summed E-state index contributed by atoms with van der Waals surface area (Å²) in [6, 6.07) is 3.93. The molecule has 3 aromatic rings. The van der Waals surface area contributed by atoms with Crippen molar-refractivity contribution in [2.24, 2.45) is 0 Å². The summed E-state index contributed by atoms with van der Waals surface area (Å²) < 4.78 is 30.0. The number of phenolic OH excluding ortho intramolecular Hbond substituents is 2. The van der Waals surface area contributed by atoms with Crippen LogP contribution in [0.25, 0.3) is 0 Å². The van der Waals surface area contributed by atoms with Gasteiger partial charge in [-0.25, -0.2) is 4.79 Å². The minimum atomic E-state index is -1.24. The Morgan fingerprint density at radius 1 is 0.980 bits per heavy atom. The number of aromatic hydroxyl groups is 2. The first-order valence-corrected chi connectivity index (χ1v) is 18.5. The lowest BCUT2D eigenvalue weighted by molar-refractivity contribution is -0.186. The summed E-state index contributed by atoms with van der Waals surface area (Å²) in [5, 5.41) is 38.4. The Balaban J connectivity index is 1.29. The van der Waals surface area contributed by atoms with Crippen molar-refractivity contribution >= 4 is 17.7 Å². The highest BCUT2D eigenvalue weighted by Gasteiger charge is 2.61. The molecule has 1 unspecified atom stereocenters. The van der Waals surface area contributed by atoms with Gasteiger partial charge in [-0.1, -0.05) is 6.07 Å². The molecular formula is C38H43N3O9S. The minimum absolute atomic E-state index is 0.0233. The Bertz CT molecular complexity index is 2010. The van der Waals surface area contributed by atoms with Crippen molar-refractivity contribution in [2.45, 2.75) is 74.8 Å². The number of ether oxygens (including phenoxy) is 5. The Kier molecular flexibility index (Phi) is 7.48. The maximum absolute atomic E-state index is 14.6. The largest absolute Gasteiger partial charge is 0.504 e. The van der Waals surface area contributed by atoms with E-state index in [0.717, 1.165) is 50.1 Å². The number of methoxy groups -OCH3 is 2. The predicted octanol–water partition coefficient (Wildman–Crippen LogP) is 3.80. The van der Waals surface area contributed by atoms with Gasteiger partial charge < -0.3 is 39.0 Å². The van der Waals surface area contributed by atoms with Gasteiger partial charge in [0, 0.05) is 34.7 Å². The Morgan fingerprint density at radius 2 is 1.76 bits per heavy atom. The molecule has 1 spiro atoms. The topological polar surface area (TPSA) is 142 Å². The van der Waals surface area contributed by atoms with E-state index in [2.05, 4.69) is 28.1 Å². The van der Waals surface area contributed by atoms with E-state index >= 15 is 0 Å². The van der Waals surface area contributed by atoms with E-state index in [4.69, 9.17) is 23.7 Å². The number of fused-ring (bicyclic) bond motifs is 9. The van der Waals surface area contributed by atoms with Gasteiger partial charge in [0.2, 0.25) is 6.79 Å². The molecule has 0 aromatic heterocycles. The number of piperazine rings is 1. The molecule has 12 nitrogen and oxygen atoms in total. The van der Waals surface area contributed by atoms with Gasteiger partial charge >= 0.3 is 5.97 Å². The molecule has 4 N–H and O–H groups in total. The molecule has 2 fully saturated rings. The third-order valence-electron chi connectivity index (χ3n) is 12.4. The Morgan fingerprint density at radius 3 is 2.53 bits per heavy atom. The number of aliphatic hydroxyl groups is 1. The number of carbonyl (C=O) groups excluding carboxylic acids is 1. The predicted molar refractivity (Wildman–Crippen MR) is 188 cm³/mol. The van der Waals surface area contributed by atoms with Crippen LogP contribution in [0, 0.1) is 20.8 Å². The number of carbonyl (C=O) groups is 1. The standard InChI is InChI=1S/C38H43N3O9S/c1-16-9-20-10-22-36(44)41-23-13-48-37(45)38(21-12-25(46-5)24(42)11-19(21)7-8-39-38)14-51-35(26-17(2)18(3)33-34(28(23)26)50-15-49-33)30(41)29(40(22)4)27(20)31(43)32(16)47-6/h9,11-12,22-23,29-30,35-36,39,42-44H,7-8,10,13-15H2,1-6H3/t22-,23-,29+,30?,35+,36-,38+/m0/s1. The van der Waals surface area contributed by atoms with E-state index in [9.17, 15) is 20.1 Å². The molecule has 2 saturated heterocycles. The second kappa shape index (κ2) is 11.6. The van der Waals surface area contributed by atoms with Crippen LogP contribution in [0.4, 0.5) is 0 Å². The first-order valence-electron chi connectivity index (χ1n) is 17.5. The lowest BCUT2D eigenvalue weighted by atomic mass is 9.72. The number of rotatable bonds is 2. The molecule has 10 rings (SSSR count). The van der Waals surface area contributed by atoms with Gasteiger partial charge in [0.1, 0.15) is 12.8 Å². The summed E-state index contributed by atoms with van der Waals surface area (Å²) >= 11 is 1.63. The molecule has 4 bridgehead atoms. The highest BCUT2D eigenvalue weighted by Crippen LogP contribution is 2.63. The van der Waals surface area contributed by atoms with Crippen molar-refractivity contribution in [1.29, 1.82) is 0 Å². The van der Waals surface area contributed by atoms with E-state index in [1.165, 1.54) is 7.11 Å². The van der Waals surface area contributed by atoms with Crippen molar-refractivity contribution < 1.29 is 43.8 Å². The lowest BCUT2D eigenvalue weighted by Crippen LogP contribution is -2.70. The van der Waals surface area contributed by atoms with Crippen molar-refractivity contribution in [3.8, 4) is 34.5 Å². The van der Waals surface area contributed by atoms with Crippen LogP contribution in [0.3, 0.4) is 0 Å². The number of nitrogens with zero attached hydrogens (tertiary/aromatic N) is 2. The summed E-state index contributed by atoms with van der Waals surface area (Å²) in [6.07, 6.45) is 0.214. The summed E-state index contributed by atoms with van der Waals surface area (Å²) in [5.41, 5.74) is 6.95. The van der Waals surface area contributed by atoms with Gasteiger partial charge in [-0.05, 0) is 91.7 Å². The van der Waals surface area contributed by atoms with E-state index in [1.54, 1.807) is 31.0 Å². The molecule has 7 aliphatic heterocycles. The van der Waals surface area contributed by atoms with E-state index in [1.807, 2.05) is 20.9 Å². The summed E-state index contributed by atoms with van der Waals surface area (Å²) in [5.74, 6) is 2.03. The molecule has 0 amide bonds. The molecule has 0 radical (unpaired) electrons. The molecule has 3 aromatic carbocycles. The smallest absolute Gasteiger partial charge is 0.331 e. The summed E-state index contributed by atoms with van der Waals surface area (Å²) in [4.78, 5) is 18.9. The highest BCUT2D eigenvalue weighted by molar-refractivity contribution is 7.99. The van der Waals surface area contributed by atoms with E-state index < -0.39 is 23.8 Å². The number of hydrogen-bond donors (Lipinski definition) is 4. The first-order chi connectivity index (χ1) is 24.5. The van der Waals surface area contributed by atoms with Gasteiger partial charge in [0.05, 0.1) is 32.3 Å². The third-order valence-corrected chi connectivity index (χ3v) is 13.9. The van der Waals surface area contributed by atoms with Gasteiger partial charge in [0.15, 0.2) is 40.0 Å². The monoisotopic (exact) mass is 717 g/mol. The number of aryl methyl sites for hydroxylation is 1. The van der Waals surface area contributed by atoms with Crippen LogP contribution in [0.2, 0.25) is 0 Å². The SMILES string of the molecule is COc1cc2c(cc1O)CCN[C@]21CS[C@@H]2c3c(C)c(C)c4c(c3[C@H](COC1=O)N1C2[C@H]2c3c(cc(C)c(OC)c3O)C[C@@H]([C@@H]1O)N2C)OCO4. The molecule has 0 saturated carbocycles. The normalized spacial score (nSPS) is 30.6. The van der Waals surface area contributed by atoms with Crippen LogP contribution in [-0.2, 0) is 27.9 Å². The first kappa shape index (κ1) is 33.0. The summed E-state index contributed by atoms with van der Waals surface area (Å²) in [7, 11) is 5.10. The van der Waals surface area contributed by atoms with Crippen molar-refractivity contribution in [2.75, 3.05) is 47.0 Å². The van der Waals surface area contributed by atoms with Crippen LogP contribution >= 0.6 is 11.8 Å². The number of phenols is 2. The van der Waals surface area contributed by atoms with E-state index in [-0.39, 0.29) is 59.8 Å². The highest BCUT2D eigenvalue weighted by atomic mass is 32.2. The number of benzene rings is 3. The summed E-state index contributed by atoms with van der Waals surface area (Å²) in [6.45, 7) is 6.62. The molecule has 51 heavy (non-hydrogen) atoms. The molecule has 13 heteroatoms. The maximum Gasteiger partial charge on any atom is 0.331 e. The van der Waals surface area contributed by atoms with Crippen LogP contribution in [0.1, 0.15) is 67.4 Å². The average molecular weight is 718 g/mol. The molecule has 7 aliphatic rings. The van der Waals surface area contributed by atoms with Crippen LogP contribution < -0.4 is 24.3 Å². The van der Waals surface area contributed by atoms with E-state index in [0.29, 0.717) is 36.6 Å². The second-order valence-electron chi connectivity index (χ2n) is 14.6. The van der Waals surface area contributed by atoms with Gasteiger partial charge in [-0.15, -0.1) is 11.8 Å². The fraction of sp³-hybridized carbons (Fsp3) is 0.500. The van der Waals surface area contributed by atoms with Crippen molar-refractivity contribution in [3.63, 3.8) is 0 Å². The third kappa shape index (κ3) is 4.32. The van der Waals surface area contributed by atoms with Crippen molar-refractivity contribution in [1.82, 2.24) is 15.1 Å². The average Bonchev–Trinajstić information content (AvgIpc) is 3.60. The Labute approximate surface area is 300 Å². The quantitative estimate of drug-likeness (QED) is 0.286. The van der Waals surface area contributed by atoms with Gasteiger partial charge in [0.25, 0.3) is 0 Å². The number of thioether (sulfide) groups is 1. The molecule has 7 heterocycles. The number of aliphatic hydroxyl groups excluding tert-OH is 1. The number of likely N-dealkylation sites (N-methyl/N-ethyl adjacent to an activating group) is 1. The fourth-order valence-corrected chi connectivity index (χ4v) is 11.7. The zero-order valence-corrected chi connectivity index (χ0v) is 30.3. The van der Waals surface area contributed by atoms with Crippen molar-refractivity contribution in [3.05, 3.63) is 68.3 Å². The second-order valence-corrected chi connectivity index (χ2v) is 15.8. The lowest BCUT2D eigenvalue weighted by Gasteiger charge is -2.62. The fourth-order valence-electron chi connectivity index (χ4n) is 9.95. The maximum atomic E-state index is 14.6. The van der Waals surface area contributed by atoms with Gasteiger partial charge in [-0.3, -0.25) is 15.1 Å². The Hall–Kier alpha value is -3.88. The molecule has 0 aliphatic carbocycles. The molecule has 270 valence electrons. The van der Waals surface area contributed by atoms with Crippen LogP contribution in [-0.4, -0.2) is 96.4 Å². The number of hydrogen-bond acceptors (Lipinski definition) is 13.